The largest absolute Gasteiger partial charge is 0.326 e. The van der Waals surface area contributed by atoms with Crippen LogP contribution >= 0.6 is 11.6 Å². The molecule has 0 radical (unpaired) electrons. The topological polar surface area (TPSA) is 29.1 Å². The van der Waals surface area contributed by atoms with Gasteiger partial charge < -0.3 is 5.32 Å². The molecule has 20 heavy (non-hydrogen) atoms. The summed E-state index contributed by atoms with van der Waals surface area (Å²) in [7, 11) is 0. The molecule has 1 unspecified atom stereocenters. The van der Waals surface area contributed by atoms with Gasteiger partial charge in [0.15, 0.2) is 0 Å². The van der Waals surface area contributed by atoms with Crippen molar-refractivity contribution in [3.63, 3.8) is 0 Å². The molecule has 0 saturated heterocycles. The third-order valence-corrected chi connectivity index (χ3v) is 3.56. The van der Waals surface area contributed by atoms with Crippen molar-refractivity contribution in [3.05, 3.63) is 64.7 Å². The SMILES string of the molecule is Cc1cc(Cl)ccc1NC(=O)CC(C)c1ccccc1. The van der Waals surface area contributed by atoms with Gasteiger partial charge in [-0.1, -0.05) is 48.9 Å². The number of hydrogen-bond donors (Lipinski definition) is 1. The van der Waals surface area contributed by atoms with E-state index in [1.54, 1.807) is 6.07 Å². The van der Waals surface area contributed by atoms with E-state index in [4.69, 9.17) is 11.6 Å². The molecule has 1 atom stereocenters. The van der Waals surface area contributed by atoms with Gasteiger partial charge in [0, 0.05) is 17.1 Å². The lowest BCUT2D eigenvalue weighted by Crippen LogP contribution is -2.15. The molecule has 2 nitrogen and oxygen atoms in total. The van der Waals surface area contributed by atoms with Crippen molar-refractivity contribution in [2.45, 2.75) is 26.2 Å². The van der Waals surface area contributed by atoms with Gasteiger partial charge in [-0.3, -0.25) is 4.79 Å². The standard InChI is InChI=1S/C17H18ClNO/c1-12(14-6-4-3-5-7-14)11-17(20)19-16-9-8-15(18)10-13(16)2/h3-10,12H,11H2,1-2H3,(H,19,20). The molecule has 0 heterocycles. The van der Waals surface area contributed by atoms with Crippen LogP contribution in [0.5, 0.6) is 0 Å². The van der Waals surface area contributed by atoms with Crippen LogP contribution in [0.3, 0.4) is 0 Å². The zero-order valence-electron chi connectivity index (χ0n) is 11.7. The quantitative estimate of drug-likeness (QED) is 0.861. The van der Waals surface area contributed by atoms with Crippen LogP contribution in [0, 0.1) is 6.92 Å². The zero-order chi connectivity index (χ0) is 14.5. The first-order valence-corrected chi connectivity index (χ1v) is 7.05. The van der Waals surface area contributed by atoms with E-state index in [1.165, 1.54) is 5.56 Å². The van der Waals surface area contributed by atoms with E-state index in [1.807, 2.05) is 49.4 Å². The summed E-state index contributed by atoms with van der Waals surface area (Å²) in [6.45, 7) is 3.99. The van der Waals surface area contributed by atoms with Crippen molar-refractivity contribution >= 4 is 23.2 Å². The van der Waals surface area contributed by atoms with Crippen LogP contribution < -0.4 is 5.32 Å². The number of aryl methyl sites for hydroxylation is 1. The van der Waals surface area contributed by atoms with Crippen LogP contribution in [0.1, 0.15) is 30.4 Å². The lowest BCUT2D eigenvalue weighted by Gasteiger charge is -2.13. The normalized spacial score (nSPS) is 11.9. The van der Waals surface area contributed by atoms with Crippen molar-refractivity contribution < 1.29 is 4.79 Å². The van der Waals surface area contributed by atoms with E-state index in [0.717, 1.165) is 11.3 Å². The van der Waals surface area contributed by atoms with Crippen LogP contribution in [-0.4, -0.2) is 5.91 Å². The second kappa shape index (κ2) is 6.58. The van der Waals surface area contributed by atoms with Crippen molar-refractivity contribution in [1.82, 2.24) is 0 Å². The number of carbonyl (C=O) groups excluding carboxylic acids is 1. The third kappa shape index (κ3) is 3.84. The fourth-order valence-corrected chi connectivity index (χ4v) is 2.37. The molecule has 1 amide bonds. The molecule has 0 fully saturated rings. The maximum atomic E-state index is 12.1. The number of carbonyl (C=O) groups is 1. The highest BCUT2D eigenvalue weighted by molar-refractivity contribution is 6.30. The predicted octanol–water partition coefficient (Wildman–Crippen LogP) is 4.78. The molecule has 0 aliphatic carbocycles. The van der Waals surface area contributed by atoms with Crippen LogP contribution in [0.2, 0.25) is 5.02 Å². The average molecular weight is 288 g/mol. The Morgan fingerprint density at radius 2 is 1.90 bits per heavy atom. The fraction of sp³-hybridized carbons (Fsp3) is 0.235. The van der Waals surface area contributed by atoms with Gasteiger partial charge in [-0.2, -0.15) is 0 Å². The summed E-state index contributed by atoms with van der Waals surface area (Å²) in [5.41, 5.74) is 2.97. The van der Waals surface area contributed by atoms with Crippen LogP contribution in [0.4, 0.5) is 5.69 Å². The number of halogens is 1. The number of benzene rings is 2. The summed E-state index contributed by atoms with van der Waals surface area (Å²) >= 11 is 5.91. The monoisotopic (exact) mass is 287 g/mol. The number of amides is 1. The Morgan fingerprint density at radius 1 is 1.20 bits per heavy atom. The fourth-order valence-electron chi connectivity index (χ4n) is 2.15. The molecule has 0 bridgehead atoms. The first kappa shape index (κ1) is 14.6. The molecule has 3 heteroatoms. The zero-order valence-corrected chi connectivity index (χ0v) is 12.4. The summed E-state index contributed by atoms with van der Waals surface area (Å²) in [5, 5.41) is 3.62. The number of anilines is 1. The van der Waals surface area contributed by atoms with E-state index in [9.17, 15) is 4.79 Å². The molecular formula is C17H18ClNO. The minimum Gasteiger partial charge on any atom is -0.326 e. The summed E-state index contributed by atoms with van der Waals surface area (Å²) < 4.78 is 0. The Labute approximate surface area is 124 Å². The molecule has 0 spiro atoms. The molecule has 1 N–H and O–H groups in total. The second-order valence-electron chi connectivity index (χ2n) is 5.02. The van der Waals surface area contributed by atoms with E-state index in [2.05, 4.69) is 12.2 Å². The molecule has 2 rings (SSSR count). The minimum absolute atomic E-state index is 0.0202. The minimum atomic E-state index is 0.0202. The molecule has 2 aromatic carbocycles. The Kier molecular flexibility index (Phi) is 4.80. The maximum Gasteiger partial charge on any atom is 0.224 e. The van der Waals surface area contributed by atoms with Gasteiger partial charge in [-0.15, -0.1) is 0 Å². The third-order valence-electron chi connectivity index (χ3n) is 3.32. The second-order valence-corrected chi connectivity index (χ2v) is 5.46. The van der Waals surface area contributed by atoms with E-state index < -0.39 is 0 Å². The van der Waals surface area contributed by atoms with Gasteiger partial charge in [0.1, 0.15) is 0 Å². The van der Waals surface area contributed by atoms with Gasteiger partial charge in [0.2, 0.25) is 5.91 Å². The van der Waals surface area contributed by atoms with Crippen molar-refractivity contribution in [1.29, 1.82) is 0 Å². The smallest absolute Gasteiger partial charge is 0.224 e. The highest BCUT2D eigenvalue weighted by Crippen LogP contribution is 2.22. The van der Waals surface area contributed by atoms with Gasteiger partial charge in [-0.05, 0) is 42.2 Å². The number of hydrogen-bond acceptors (Lipinski definition) is 1. The Bertz CT molecular complexity index is 595. The van der Waals surface area contributed by atoms with Crippen LogP contribution in [-0.2, 0) is 4.79 Å². The molecule has 2 aromatic rings. The molecule has 0 aromatic heterocycles. The Morgan fingerprint density at radius 3 is 2.55 bits per heavy atom. The first-order valence-electron chi connectivity index (χ1n) is 6.67. The van der Waals surface area contributed by atoms with Crippen molar-refractivity contribution in [3.8, 4) is 0 Å². The number of rotatable bonds is 4. The molecule has 0 saturated carbocycles. The lowest BCUT2D eigenvalue weighted by molar-refractivity contribution is -0.116. The molecule has 0 aliphatic rings. The predicted molar refractivity (Wildman–Crippen MR) is 84.3 cm³/mol. The van der Waals surface area contributed by atoms with Gasteiger partial charge in [0.05, 0.1) is 0 Å². The summed E-state index contributed by atoms with van der Waals surface area (Å²) in [4.78, 5) is 12.1. The maximum absolute atomic E-state index is 12.1. The summed E-state index contributed by atoms with van der Waals surface area (Å²) in [6.07, 6.45) is 0.464. The number of nitrogens with one attached hydrogen (secondary N) is 1. The van der Waals surface area contributed by atoms with E-state index in [0.29, 0.717) is 11.4 Å². The van der Waals surface area contributed by atoms with E-state index in [-0.39, 0.29) is 11.8 Å². The van der Waals surface area contributed by atoms with Gasteiger partial charge in [0.25, 0.3) is 0 Å². The van der Waals surface area contributed by atoms with Crippen molar-refractivity contribution in [2.75, 3.05) is 5.32 Å². The Hall–Kier alpha value is -1.80. The lowest BCUT2D eigenvalue weighted by atomic mass is 9.97. The van der Waals surface area contributed by atoms with E-state index >= 15 is 0 Å². The highest BCUT2D eigenvalue weighted by Gasteiger charge is 2.12. The van der Waals surface area contributed by atoms with Crippen molar-refractivity contribution in [2.24, 2.45) is 0 Å². The van der Waals surface area contributed by atoms with Gasteiger partial charge in [-0.25, -0.2) is 0 Å². The highest BCUT2D eigenvalue weighted by atomic mass is 35.5. The molecule has 104 valence electrons. The van der Waals surface area contributed by atoms with Gasteiger partial charge >= 0.3 is 0 Å². The molecular weight excluding hydrogens is 270 g/mol. The van der Waals surface area contributed by atoms with Crippen LogP contribution in [0.25, 0.3) is 0 Å². The average Bonchev–Trinajstić information content (AvgIpc) is 2.43. The van der Waals surface area contributed by atoms with Crippen LogP contribution in [0.15, 0.2) is 48.5 Å². The summed E-state index contributed by atoms with van der Waals surface area (Å²) in [5.74, 6) is 0.218. The molecule has 0 aliphatic heterocycles. The Balaban J connectivity index is 1.99. The first-order chi connectivity index (χ1) is 9.56. The summed E-state index contributed by atoms with van der Waals surface area (Å²) in [6, 6.07) is 15.5.